The minimum absolute atomic E-state index is 0.257. The molecule has 0 amide bonds. The summed E-state index contributed by atoms with van der Waals surface area (Å²) in [5.74, 6) is -0.0181. The largest absolute Gasteiger partial charge is 0.493 e. The van der Waals surface area contributed by atoms with Gasteiger partial charge >= 0.3 is 5.97 Å². The molecule has 156 valence electrons. The van der Waals surface area contributed by atoms with E-state index >= 15 is 0 Å². The summed E-state index contributed by atoms with van der Waals surface area (Å²) in [6.45, 7) is 0.558. The summed E-state index contributed by atoms with van der Waals surface area (Å²) in [5.41, 5.74) is 3.90. The van der Waals surface area contributed by atoms with Crippen LogP contribution in [0.3, 0.4) is 0 Å². The van der Waals surface area contributed by atoms with Gasteiger partial charge in [-0.05, 0) is 53.8 Å². The van der Waals surface area contributed by atoms with Gasteiger partial charge in [0.15, 0.2) is 11.5 Å². The number of rotatable bonds is 5. The Morgan fingerprint density at radius 2 is 1.97 bits per heavy atom. The Bertz CT molecular complexity index is 1290. The lowest BCUT2D eigenvalue weighted by atomic mass is 9.95. The molecular formula is C24H18FNO4S. The zero-order valence-electron chi connectivity index (χ0n) is 16.6. The van der Waals surface area contributed by atoms with Gasteiger partial charge in [0, 0.05) is 28.6 Å². The van der Waals surface area contributed by atoms with Crippen LogP contribution < -0.4 is 9.47 Å². The molecule has 0 saturated carbocycles. The summed E-state index contributed by atoms with van der Waals surface area (Å²) in [7, 11) is 1.56. The van der Waals surface area contributed by atoms with Crippen LogP contribution in [0.4, 0.5) is 4.39 Å². The average Bonchev–Trinajstić information content (AvgIpc) is 3.41. The first-order valence-electron chi connectivity index (χ1n) is 9.70. The van der Waals surface area contributed by atoms with E-state index in [0.717, 1.165) is 27.3 Å². The number of aromatic nitrogens is 1. The van der Waals surface area contributed by atoms with Gasteiger partial charge in [-0.1, -0.05) is 12.1 Å². The molecule has 3 heterocycles. The third kappa shape index (κ3) is 3.37. The Balaban J connectivity index is 1.70. The minimum Gasteiger partial charge on any atom is -0.493 e. The number of carbonyl (C=O) groups is 1. The van der Waals surface area contributed by atoms with Gasteiger partial charge in [-0.25, -0.2) is 9.18 Å². The maximum atomic E-state index is 13.6. The highest BCUT2D eigenvalue weighted by atomic mass is 32.1. The van der Waals surface area contributed by atoms with Crippen molar-refractivity contribution in [3.63, 3.8) is 0 Å². The topological polar surface area (TPSA) is 60.7 Å². The third-order valence-electron chi connectivity index (χ3n) is 5.38. The summed E-state index contributed by atoms with van der Waals surface area (Å²) in [6.07, 6.45) is 0.664. The van der Waals surface area contributed by atoms with E-state index in [1.807, 2.05) is 34.2 Å². The maximum absolute atomic E-state index is 13.6. The monoisotopic (exact) mass is 435 g/mol. The fourth-order valence-corrected chi connectivity index (χ4v) is 4.77. The molecule has 4 aromatic rings. The molecule has 31 heavy (non-hydrogen) atoms. The van der Waals surface area contributed by atoms with Crippen LogP contribution in [0.25, 0.3) is 21.7 Å². The predicted octanol–water partition coefficient (Wildman–Crippen LogP) is 6.08. The van der Waals surface area contributed by atoms with Crippen LogP contribution in [0.5, 0.6) is 17.2 Å². The van der Waals surface area contributed by atoms with E-state index in [1.165, 1.54) is 12.1 Å². The molecule has 7 heteroatoms. The highest BCUT2D eigenvalue weighted by Gasteiger charge is 2.28. The number of aromatic carboxylic acids is 1. The zero-order chi connectivity index (χ0) is 21.5. The van der Waals surface area contributed by atoms with Gasteiger partial charge in [-0.2, -0.15) is 0 Å². The number of hydrogen-bond acceptors (Lipinski definition) is 4. The van der Waals surface area contributed by atoms with E-state index in [1.54, 1.807) is 36.6 Å². The summed E-state index contributed by atoms with van der Waals surface area (Å²) in [5, 5.41) is 11.7. The number of ether oxygens (including phenoxy) is 2. The molecule has 1 N–H and O–H groups in total. The summed E-state index contributed by atoms with van der Waals surface area (Å²) >= 11 is 1.56. The lowest BCUT2D eigenvalue weighted by molar-refractivity contribution is 0.0685. The van der Waals surface area contributed by atoms with Crippen LogP contribution in [-0.2, 0) is 13.0 Å². The summed E-state index contributed by atoms with van der Waals surface area (Å²) in [4.78, 5) is 12.9. The number of hydrogen-bond donors (Lipinski definition) is 1. The standard InChI is InChI=1S/C24H18FNO4S/c1-29-20-10-14-7-8-26-19(24(27)28)12-18(22-6-3-9-31-22)23(26)17(14)13-21(20)30-16-5-2-4-15(25)11-16/h2-6,9-13H,7-8H2,1H3,(H,27,28). The second-order valence-electron chi connectivity index (χ2n) is 7.20. The quantitative estimate of drug-likeness (QED) is 0.413. The number of carboxylic acid groups (broad SMARTS) is 1. The molecule has 0 spiro atoms. The van der Waals surface area contributed by atoms with E-state index in [4.69, 9.17) is 9.47 Å². The maximum Gasteiger partial charge on any atom is 0.352 e. The minimum atomic E-state index is -0.961. The molecule has 0 aliphatic carbocycles. The van der Waals surface area contributed by atoms with E-state index in [9.17, 15) is 14.3 Å². The van der Waals surface area contributed by atoms with E-state index in [-0.39, 0.29) is 5.69 Å². The molecule has 1 aliphatic heterocycles. The fraction of sp³-hybridized carbons (Fsp3) is 0.125. The highest BCUT2D eigenvalue weighted by molar-refractivity contribution is 7.13. The number of aryl methyl sites for hydroxylation is 1. The van der Waals surface area contributed by atoms with Crippen molar-refractivity contribution in [3.8, 4) is 38.9 Å². The van der Waals surface area contributed by atoms with Gasteiger partial charge in [-0.15, -0.1) is 11.3 Å². The molecule has 0 radical (unpaired) electrons. The lowest BCUT2D eigenvalue weighted by Gasteiger charge is -2.23. The molecule has 5 nitrogen and oxygen atoms in total. The first-order valence-corrected chi connectivity index (χ1v) is 10.6. The highest BCUT2D eigenvalue weighted by Crippen LogP contribution is 2.45. The van der Waals surface area contributed by atoms with E-state index in [0.29, 0.717) is 30.2 Å². The number of benzene rings is 2. The second-order valence-corrected chi connectivity index (χ2v) is 8.14. The third-order valence-corrected chi connectivity index (χ3v) is 6.28. The fourth-order valence-electron chi connectivity index (χ4n) is 4.03. The molecule has 2 aromatic carbocycles. The van der Waals surface area contributed by atoms with E-state index < -0.39 is 11.8 Å². The molecule has 1 aliphatic rings. The normalized spacial score (nSPS) is 12.2. The molecule has 0 unspecified atom stereocenters. The van der Waals surface area contributed by atoms with E-state index in [2.05, 4.69) is 0 Å². The number of fused-ring (bicyclic) bond motifs is 3. The first kappa shape index (κ1) is 19.4. The summed E-state index contributed by atoms with van der Waals surface area (Å²) in [6, 6.07) is 15.3. The van der Waals surface area contributed by atoms with Gasteiger partial charge < -0.3 is 19.1 Å². The van der Waals surface area contributed by atoms with Crippen molar-refractivity contribution in [2.75, 3.05) is 7.11 Å². The Kier molecular flexibility index (Phi) is 4.75. The Morgan fingerprint density at radius 1 is 1.10 bits per heavy atom. The van der Waals surface area contributed by atoms with Crippen LogP contribution in [0.15, 0.2) is 60.0 Å². The van der Waals surface area contributed by atoms with Crippen molar-refractivity contribution in [1.82, 2.24) is 4.57 Å². The number of thiophene rings is 1. The van der Waals surface area contributed by atoms with Gasteiger partial charge in [0.05, 0.1) is 12.8 Å². The van der Waals surface area contributed by atoms with Crippen molar-refractivity contribution >= 4 is 17.3 Å². The van der Waals surface area contributed by atoms with Gasteiger partial charge in [0.1, 0.15) is 17.3 Å². The SMILES string of the molecule is COc1cc2c(cc1Oc1cccc(F)c1)-c1c(-c3cccs3)cc(C(=O)O)n1CC2. The van der Waals surface area contributed by atoms with Gasteiger partial charge in [-0.3, -0.25) is 0 Å². The predicted molar refractivity (Wildman–Crippen MR) is 117 cm³/mol. The lowest BCUT2D eigenvalue weighted by Crippen LogP contribution is -2.16. The molecule has 0 fully saturated rings. The van der Waals surface area contributed by atoms with Crippen LogP contribution in [0.2, 0.25) is 0 Å². The second kappa shape index (κ2) is 7.59. The first-order chi connectivity index (χ1) is 15.0. The number of nitrogens with zero attached hydrogens (tertiary/aromatic N) is 1. The van der Waals surface area contributed by atoms with Crippen molar-refractivity contribution in [1.29, 1.82) is 0 Å². The number of halogens is 1. The van der Waals surface area contributed by atoms with Crippen LogP contribution in [0.1, 0.15) is 16.1 Å². The smallest absolute Gasteiger partial charge is 0.352 e. The Morgan fingerprint density at radius 3 is 2.68 bits per heavy atom. The van der Waals surface area contributed by atoms with Gasteiger partial charge in [0.25, 0.3) is 0 Å². The molecular weight excluding hydrogens is 417 g/mol. The molecule has 5 rings (SSSR count). The van der Waals surface area contributed by atoms with Crippen LogP contribution in [0, 0.1) is 5.82 Å². The van der Waals surface area contributed by atoms with Crippen LogP contribution >= 0.6 is 11.3 Å². The van der Waals surface area contributed by atoms with Crippen molar-refractivity contribution in [3.05, 3.63) is 77.1 Å². The molecule has 0 saturated heterocycles. The van der Waals surface area contributed by atoms with Crippen molar-refractivity contribution in [2.24, 2.45) is 0 Å². The van der Waals surface area contributed by atoms with Crippen molar-refractivity contribution in [2.45, 2.75) is 13.0 Å². The van der Waals surface area contributed by atoms with Gasteiger partial charge in [0.2, 0.25) is 0 Å². The van der Waals surface area contributed by atoms with Crippen LogP contribution in [-0.4, -0.2) is 22.8 Å². The molecule has 2 aromatic heterocycles. The molecule has 0 atom stereocenters. The molecule has 0 bridgehead atoms. The number of carboxylic acids is 1. The number of methoxy groups -OCH3 is 1. The zero-order valence-corrected chi connectivity index (χ0v) is 17.4. The average molecular weight is 435 g/mol. The summed E-state index contributed by atoms with van der Waals surface area (Å²) < 4.78 is 27.0. The van der Waals surface area contributed by atoms with Crippen molar-refractivity contribution < 1.29 is 23.8 Å². The Hall–Kier alpha value is -3.58. The Labute approximate surface area is 181 Å².